The van der Waals surface area contributed by atoms with Crippen molar-refractivity contribution in [1.29, 1.82) is 0 Å². The zero-order valence-corrected chi connectivity index (χ0v) is 19.8. The summed E-state index contributed by atoms with van der Waals surface area (Å²) in [6.07, 6.45) is 5.39. The Kier molecular flexibility index (Phi) is 5.58. The molecule has 0 saturated carbocycles. The van der Waals surface area contributed by atoms with Crippen LogP contribution < -0.4 is 5.32 Å². The van der Waals surface area contributed by atoms with E-state index < -0.39 is 5.60 Å². The first-order valence-corrected chi connectivity index (χ1v) is 11.7. The van der Waals surface area contributed by atoms with Crippen LogP contribution in [0.25, 0.3) is 22.1 Å². The van der Waals surface area contributed by atoms with Crippen LogP contribution in [0.15, 0.2) is 48.2 Å². The van der Waals surface area contributed by atoms with Crippen LogP contribution in [-0.2, 0) is 17.4 Å². The van der Waals surface area contributed by atoms with Crippen LogP contribution in [0.4, 0.5) is 5.95 Å². The third kappa shape index (κ3) is 3.93. The smallest absolute Gasteiger partial charge is 0.258 e. The topological polar surface area (TPSA) is 122 Å². The number of carbonyl (C=O) groups is 1. The third-order valence-corrected chi connectivity index (χ3v) is 6.90. The number of hydrogen-bond donors (Lipinski definition) is 2. The SMILES string of the molecule is C[C@H](Nc1nccc(-c2nc(-c3cc([C@]4(O)CCN(C)C4=O)ccn3)cs2)n1)c1ccnn1C. The minimum Gasteiger partial charge on any atom is -0.375 e. The van der Waals surface area contributed by atoms with Crippen molar-refractivity contribution in [3.63, 3.8) is 0 Å². The van der Waals surface area contributed by atoms with Crippen LogP contribution in [0.5, 0.6) is 0 Å². The molecule has 0 unspecified atom stereocenters. The van der Waals surface area contributed by atoms with E-state index in [1.807, 2.05) is 36.2 Å². The van der Waals surface area contributed by atoms with Crippen LogP contribution in [0.2, 0.25) is 0 Å². The highest BCUT2D eigenvalue weighted by Crippen LogP contribution is 2.35. The molecule has 4 aromatic heterocycles. The van der Waals surface area contributed by atoms with E-state index in [4.69, 9.17) is 4.98 Å². The van der Waals surface area contributed by atoms with Gasteiger partial charge < -0.3 is 15.3 Å². The third-order valence-electron chi connectivity index (χ3n) is 6.04. The molecule has 0 bridgehead atoms. The van der Waals surface area contributed by atoms with E-state index in [0.717, 1.165) is 10.7 Å². The summed E-state index contributed by atoms with van der Waals surface area (Å²) in [5.41, 5.74) is 1.95. The Bertz CT molecular complexity index is 1350. The highest BCUT2D eigenvalue weighted by atomic mass is 32.1. The first-order valence-electron chi connectivity index (χ1n) is 10.8. The highest BCUT2D eigenvalue weighted by molar-refractivity contribution is 7.13. The maximum atomic E-state index is 12.5. The summed E-state index contributed by atoms with van der Waals surface area (Å²) < 4.78 is 1.81. The number of likely N-dealkylation sites (N-methyl/N-ethyl adjacent to an activating group) is 1. The molecule has 0 aromatic carbocycles. The summed E-state index contributed by atoms with van der Waals surface area (Å²) in [5, 5.41) is 21.1. The van der Waals surface area contributed by atoms with Crippen LogP contribution in [-0.4, -0.2) is 59.2 Å². The molecule has 2 N–H and O–H groups in total. The fourth-order valence-corrected chi connectivity index (χ4v) is 4.86. The maximum absolute atomic E-state index is 12.5. The number of nitrogens with zero attached hydrogens (tertiary/aromatic N) is 7. The number of nitrogens with one attached hydrogen (secondary N) is 1. The molecule has 1 saturated heterocycles. The van der Waals surface area contributed by atoms with Gasteiger partial charge in [0.2, 0.25) is 5.95 Å². The second-order valence-electron chi connectivity index (χ2n) is 8.32. The standard InChI is InChI=1S/C23H24N8O2S/c1-14(19-6-10-26-31(19)3)27-22-25-9-5-16(29-22)20-28-18(13-34-20)17-12-15(4-8-24-17)23(33)7-11-30(2)21(23)32/h4-6,8-10,12-14,33H,7,11H2,1-3H3,(H,25,27,29)/t14-,23+/m0/s1. The van der Waals surface area contributed by atoms with Gasteiger partial charge in [0.25, 0.3) is 5.91 Å². The second-order valence-corrected chi connectivity index (χ2v) is 9.17. The maximum Gasteiger partial charge on any atom is 0.258 e. The van der Waals surface area contributed by atoms with Crippen LogP contribution in [0.3, 0.4) is 0 Å². The van der Waals surface area contributed by atoms with Crippen molar-refractivity contribution in [2.45, 2.75) is 25.0 Å². The van der Waals surface area contributed by atoms with Gasteiger partial charge in [-0.2, -0.15) is 5.10 Å². The van der Waals surface area contributed by atoms with Crippen LogP contribution in [0.1, 0.15) is 30.6 Å². The van der Waals surface area contributed by atoms with E-state index in [1.54, 1.807) is 37.8 Å². The number of aromatic nitrogens is 6. The number of hydrogen-bond acceptors (Lipinski definition) is 9. The van der Waals surface area contributed by atoms with Crippen molar-refractivity contribution in [2.75, 3.05) is 18.9 Å². The van der Waals surface area contributed by atoms with Crippen molar-refractivity contribution >= 4 is 23.2 Å². The van der Waals surface area contributed by atoms with E-state index in [2.05, 4.69) is 25.4 Å². The Balaban J connectivity index is 1.38. The summed E-state index contributed by atoms with van der Waals surface area (Å²) in [7, 11) is 3.59. The van der Waals surface area contributed by atoms with Gasteiger partial charge in [0, 0.05) is 51.0 Å². The molecule has 1 fully saturated rings. The average molecular weight is 477 g/mol. The molecule has 0 radical (unpaired) electrons. The minimum absolute atomic E-state index is 0.0234. The molecule has 1 aliphatic heterocycles. The number of anilines is 1. The summed E-state index contributed by atoms with van der Waals surface area (Å²) in [4.78, 5) is 32.1. The van der Waals surface area contributed by atoms with Gasteiger partial charge in [0.1, 0.15) is 16.4 Å². The van der Waals surface area contributed by atoms with Gasteiger partial charge in [-0.05, 0) is 36.8 Å². The molecular weight excluding hydrogens is 452 g/mol. The van der Waals surface area contributed by atoms with Gasteiger partial charge in [-0.1, -0.05) is 0 Å². The van der Waals surface area contributed by atoms with Crippen LogP contribution >= 0.6 is 11.3 Å². The number of aryl methyl sites for hydroxylation is 1. The van der Waals surface area contributed by atoms with Crippen molar-refractivity contribution < 1.29 is 9.90 Å². The Morgan fingerprint density at radius 3 is 2.65 bits per heavy atom. The van der Waals surface area contributed by atoms with Gasteiger partial charge in [0.15, 0.2) is 5.60 Å². The lowest BCUT2D eigenvalue weighted by atomic mass is 9.92. The molecule has 2 atom stereocenters. The zero-order valence-electron chi connectivity index (χ0n) is 19.0. The predicted molar refractivity (Wildman–Crippen MR) is 128 cm³/mol. The quantitative estimate of drug-likeness (QED) is 0.436. The normalized spacial score (nSPS) is 18.9. The molecule has 5 heterocycles. The highest BCUT2D eigenvalue weighted by Gasteiger charge is 2.45. The van der Waals surface area contributed by atoms with Gasteiger partial charge in [-0.25, -0.2) is 15.0 Å². The summed E-state index contributed by atoms with van der Waals surface area (Å²) in [6.45, 7) is 2.53. The van der Waals surface area contributed by atoms with Crippen molar-refractivity contribution in [3.8, 4) is 22.1 Å². The number of carbonyl (C=O) groups excluding carboxylic acids is 1. The Hall–Kier alpha value is -3.70. The molecule has 1 amide bonds. The fraction of sp³-hybridized carbons (Fsp3) is 0.304. The molecule has 1 aliphatic rings. The molecule has 34 heavy (non-hydrogen) atoms. The fourth-order valence-electron chi connectivity index (χ4n) is 4.08. The van der Waals surface area contributed by atoms with E-state index in [1.165, 1.54) is 16.2 Å². The van der Waals surface area contributed by atoms with E-state index >= 15 is 0 Å². The van der Waals surface area contributed by atoms with E-state index in [9.17, 15) is 9.90 Å². The molecule has 4 aromatic rings. The Morgan fingerprint density at radius 2 is 1.91 bits per heavy atom. The van der Waals surface area contributed by atoms with Crippen molar-refractivity contribution in [1.82, 2.24) is 34.6 Å². The molecule has 10 nitrogen and oxygen atoms in total. The minimum atomic E-state index is -1.52. The molecule has 0 aliphatic carbocycles. The number of aliphatic hydroxyl groups is 1. The largest absolute Gasteiger partial charge is 0.375 e. The number of rotatable bonds is 6. The van der Waals surface area contributed by atoms with E-state index in [-0.39, 0.29) is 11.9 Å². The van der Waals surface area contributed by atoms with Gasteiger partial charge in [-0.3, -0.25) is 14.5 Å². The lowest BCUT2D eigenvalue weighted by Gasteiger charge is -2.21. The van der Waals surface area contributed by atoms with Crippen molar-refractivity contribution in [3.05, 3.63) is 59.5 Å². The molecule has 5 rings (SSSR count). The lowest BCUT2D eigenvalue weighted by molar-refractivity contribution is -0.143. The lowest BCUT2D eigenvalue weighted by Crippen LogP contribution is -2.36. The molecule has 174 valence electrons. The first-order chi connectivity index (χ1) is 16.3. The second kappa shape index (κ2) is 8.58. The predicted octanol–water partition coefficient (Wildman–Crippen LogP) is 2.62. The molecule has 11 heteroatoms. The van der Waals surface area contributed by atoms with Gasteiger partial charge in [-0.15, -0.1) is 11.3 Å². The Morgan fingerprint density at radius 1 is 1.09 bits per heavy atom. The zero-order chi connectivity index (χ0) is 23.9. The summed E-state index contributed by atoms with van der Waals surface area (Å²) in [6, 6.07) is 7.15. The van der Waals surface area contributed by atoms with Crippen LogP contribution in [0, 0.1) is 0 Å². The van der Waals surface area contributed by atoms with Crippen molar-refractivity contribution in [2.24, 2.45) is 7.05 Å². The first kappa shape index (κ1) is 22.1. The Labute approximate surface area is 200 Å². The average Bonchev–Trinajstić information content (AvgIpc) is 3.57. The number of pyridine rings is 1. The number of likely N-dealkylation sites (tertiary alicyclic amines) is 1. The summed E-state index contributed by atoms with van der Waals surface area (Å²) in [5.74, 6) is 0.194. The van der Waals surface area contributed by atoms with Gasteiger partial charge in [0.05, 0.1) is 17.4 Å². The van der Waals surface area contributed by atoms with E-state index in [0.29, 0.717) is 41.6 Å². The molecular formula is C23H24N8O2S. The number of amides is 1. The van der Waals surface area contributed by atoms with Gasteiger partial charge >= 0.3 is 0 Å². The summed E-state index contributed by atoms with van der Waals surface area (Å²) >= 11 is 1.44. The number of thiazole rings is 1. The monoisotopic (exact) mass is 476 g/mol. The molecule has 0 spiro atoms.